The minimum absolute atomic E-state index is 0.650. The zero-order chi connectivity index (χ0) is 6.81. The Bertz CT molecular complexity index is 281. The van der Waals surface area contributed by atoms with E-state index < -0.39 is 0 Å². The van der Waals surface area contributed by atoms with Crippen molar-refractivity contribution in [2.45, 2.75) is 0 Å². The van der Waals surface area contributed by atoms with Gasteiger partial charge in [0.15, 0.2) is 0 Å². The van der Waals surface area contributed by atoms with Crippen molar-refractivity contribution in [1.82, 2.24) is 20.2 Å². The monoisotopic (exact) mass is 131 g/mol. The van der Waals surface area contributed by atoms with Crippen molar-refractivity contribution < 1.29 is 0 Å². The van der Waals surface area contributed by atoms with Crippen LogP contribution in [0.3, 0.4) is 0 Å². The van der Waals surface area contributed by atoms with Crippen molar-refractivity contribution in [3.8, 4) is 0 Å². The highest BCUT2D eigenvalue weighted by Gasteiger charge is 1.91. The summed E-state index contributed by atoms with van der Waals surface area (Å²) in [4.78, 5) is 7.74. The Morgan fingerprint density at radius 3 is 3.30 bits per heavy atom. The SMILES string of the molecule is [c]1cncc2ncnnc12. The molecule has 4 nitrogen and oxygen atoms in total. The average molecular weight is 131 g/mol. The fraction of sp³-hybridized carbons (Fsp3) is 0. The molecule has 0 aromatic carbocycles. The fourth-order valence-electron chi connectivity index (χ4n) is 0.688. The van der Waals surface area contributed by atoms with Gasteiger partial charge in [0.1, 0.15) is 17.4 Å². The third-order valence-electron chi connectivity index (χ3n) is 1.12. The lowest BCUT2D eigenvalue weighted by Gasteiger charge is -1.88. The van der Waals surface area contributed by atoms with Crippen LogP contribution in [0, 0.1) is 6.07 Å². The second kappa shape index (κ2) is 1.98. The summed E-state index contributed by atoms with van der Waals surface area (Å²) in [6, 6.07) is 2.80. The van der Waals surface area contributed by atoms with Crippen molar-refractivity contribution in [1.29, 1.82) is 0 Å². The maximum absolute atomic E-state index is 3.91. The molecule has 0 N–H and O–H groups in total. The summed E-state index contributed by atoms with van der Waals surface area (Å²) in [7, 11) is 0. The predicted molar refractivity (Wildman–Crippen MR) is 34.0 cm³/mol. The van der Waals surface area contributed by atoms with Crippen LogP contribution in [0.5, 0.6) is 0 Å². The van der Waals surface area contributed by atoms with Crippen molar-refractivity contribution in [3.05, 3.63) is 24.8 Å². The van der Waals surface area contributed by atoms with Crippen LogP contribution in [0.1, 0.15) is 0 Å². The summed E-state index contributed by atoms with van der Waals surface area (Å²) in [5.41, 5.74) is 1.37. The summed E-state index contributed by atoms with van der Waals surface area (Å²) in [6.07, 6.45) is 4.55. The largest absolute Gasteiger partial charge is 0.262 e. The minimum Gasteiger partial charge on any atom is -0.262 e. The van der Waals surface area contributed by atoms with E-state index in [0.29, 0.717) is 5.52 Å². The molecule has 0 amide bonds. The molecule has 0 bridgehead atoms. The summed E-state index contributed by atoms with van der Waals surface area (Å²) in [6.45, 7) is 0. The van der Waals surface area contributed by atoms with Gasteiger partial charge >= 0.3 is 0 Å². The molecule has 1 radical (unpaired) electrons. The van der Waals surface area contributed by atoms with Crippen molar-refractivity contribution >= 4 is 11.0 Å². The van der Waals surface area contributed by atoms with Gasteiger partial charge in [-0.1, -0.05) is 0 Å². The van der Waals surface area contributed by atoms with Gasteiger partial charge in [-0.3, -0.25) is 4.98 Å². The summed E-state index contributed by atoms with van der Waals surface area (Å²) < 4.78 is 0. The van der Waals surface area contributed by atoms with Crippen LogP contribution in [0.25, 0.3) is 11.0 Å². The van der Waals surface area contributed by atoms with Crippen LogP contribution in [-0.2, 0) is 0 Å². The number of aromatic nitrogens is 4. The molecule has 0 fully saturated rings. The number of hydrogen-bond donors (Lipinski definition) is 0. The van der Waals surface area contributed by atoms with E-state index in [1.807, 2.05) is 0 Å². The predicted octanol–water partition coefficient (Wildman–Crippen LogP) is 0.220. The Labute approximate surface area is 57.0 Å². The van der Waals surface area contributed by atoms with Crippen molar-refractivity contribution in [2.75, 3.05) is 0 Å². The first-order valence-corrected chi connectivity index (χ1v) is 2.76. The van der Waals surface area contributed by atoms with Gasteiger partial charge in [0.2, 0.25) is 0 Å². The normalized spacial score (nSPS) is 10.0. The summed E-state index contributed by atoms with van der Waals surface area (Å²) in [5.74, 6) is 0. The molecular formula is C6H3N4. The topological polar surface area (TPSA) is 51.6 Å². The molecule has 0 aliphatic carbocycles. The molecule has 2 aromatic heterocycles. The number of nitrogens with zero attached hydrogens (tertiary/aromatic N) is 4. The molecule has 0 unspecified atom stereocenters. The smallest absolute Gasteiger partial charge is 0.138 e. The Balaban J connectivity index is 2.89. The Hall–Kier alpha value is -1.58. The number of hydrogen-bond acceptors (Lipinski definition) is 4. The summed E-state index contributed by atoms with van der Waals surface area (Å²) in [5, 5.41) is 7.37. The highest BCUT2D eigenvalue weighted by atomic mass is 15.1. The zero-order valence-electron chi connectivity index (χ0n) is 5.02. The lowest BCUT2D eigenvalue weighted by Crippen LogP contribution is -1.86. The van der Waals surface area contributed by atoms with E-state index in [0.717, 1.165) is 5.52 Å². The third kappa shape index (κ3) is 0.699. The van der Waals surface area contributed by atoms with E-state index in [4.69, 9.17) is 0 Å². The second-order valence-electron chi connectivity index (χ2n) is 1.75. The Morgan fingerprint density at radius 1 is 1.40 bits per heavy atom. The van der Waals surface area contributed by atoms with E-state index in [-0.39, 0.29) is 0 Å². The molecule has 4 heteroatoms. The molecule has 0 aliphatic heterocycles. The standard InChI is InChI=1S/C6H3N4/c1-2-7-3-6-5(1)10-9-4-8-6/h2-4H. The fourth-order valence-corrected chi connectivity index (χ4v) is 0.688. The Kier molecular flexibility index (Phi) is 1.04. The van der Waals surface area contributed by atoms with Gasteiger partial charge in [-0.05, 0) is 0 Å². The average Bonchev–Trinajstić information content (AvgIpc) is 2.05. The first kappa shape index (κ1) is 5.22. The third-order valence-corrected chi connectivity index (χ3v) is 1.12. The number of fused-ring (bicyclic) bond motifs is 1. The van der Waals surface area contributed by atoms with E-state index >= 15 is 0 Å². The van der Waals surface area contributed by atoms with Crippen LogP contribution in [0.2, 0.25) is 0 Å². The maximum atomic E-state index is 3.91. The summed E-state index contributed by atoms with van der Waals surface area (Å²) >= 11 is 0. The van der Waals surface area contributed by atoms with Gasteiger partial charge in [0.25, 0.3) is 0 Å². The van der Waals surface area contributed by atoms with Gasteiger partial charge in [-0.25, -0.2) is 4.98 Å². The molecule has 10 heavy (non-hydrogen) atoms. The molecule has 2 heterocycles. The van der Waals surface area contributed by atoms with Gasteiger partial charge < -0.3 is 0 Å². The molecule has 0 aliphatic rings. The lowest BCUT2D eigenvalue weighted by molar-refractivity contribution is 1.02. The van der Waals surface area contributed by atoms with Crippen LogP contribution in [-0.4, -0.2) is 20.2 Å². The van der Waals surface area contributed by atoms with Crippen LogP contribution in [0.4, 0.5) is 0 Å². The molecule has 0 saturated carbocycles. The number of pyridine rings is 1. The minimum atomic E-state index is 0.650. The van der Waals surface area contributed by atoms with E-state index in [9.17, 15) is 0 Å². The van der Waals surface area contributed by atoms with Crippen molar-refractivity contribution in [3.63, 3.8) is 0 Å². The molecule has 2 rings (SSSR count). The highest BCUT2D eigenvalue weighted by Crippen LogP contribution is 1.99. The molecule has 47 valence electrons. The highest BCUT2D eigenvalue weighted by molar-refractivity contribution is 5.70. The van der Waals surface area contributed by atoms with Crippen LogP contribution in [0.15, 0.2) is 18.7 Å². The van der Waals surface area contributed by atoms with E-state index in [2.05, 4.69) is 26.2 Å². The molecule has 2 aromatic rings. The number of rotatable bonds is 0. The van der Waals surface area contributed by atoms with Crippen LogP contribution >= 0.6 is 0 Å². The zero-order valence-corrected chi connectivity index (χ0v) is 5.02. The molecule has 0 spiro atoms. The lowest BCUT2D eigenvalue weighted by atomic mass is 10.4. The van der Waals surface area contributed by atoms with Gasteiger partial charge in [-0.2, -0.15) is 0 Å². The molecular weight excluding hydrogens is 128 g/mol. The Morgan fingerprint density at radius 2 is 2.40 bits per heavy atom. The maximum Gasteiger partial charge on any atom is 0.138 e. The van der Waals surface area contributed by atoms with Gasteiger partial charge in [-0.15, -0.1) is 10.2 Å². The first-order valence-electron chi connectivity index (χ1n) is 2.76. The van der Waals surface area contributed by atoms with E-state index in [1.165, 1.54) is 6.33 Å². The second-order valence-corrected chi connectivity index (χ2v) is 1.75. The van der Waals surface area contributed by atoms with Crippen LogP contribution < -0.4 is 0 Å². The first-order chi connectivity index (χ1) is 4.97. The quantitative estimate of drug-likeness (QED) is 0.513. The van der Waals surface area contributed by atoms with Crippen molar-refractivity contribution in [2.24, 2.45) is 0 Å². The molecule has 0 atom stereocenters. The van der Waals surface area contributed by atoms with Gasteiger partial charge in [0, 0.05) is 12.3 Å². The van der Waals surface area contributed by atoms with E-state index in [1.54, 1.807) is 12.4 Å². The van der Waals surface area contributed by atoms with Gasteiger partial charge in [0.05, 0.1) is 6.20 Å². The molecule has 0 saturated heterocycles.